The summed E-state index contributed by atoms with van der Waals surface area (Å²) in [6.07, 6.45) is 11.7. The van der Waals surface area contributed by atoms with Gasteiger partial charge >= 0.3 is 0 Å². The number of anilines is 1. The lowest BCUT2D eigenvalue weighted by molar-refractivity contribution is 0.213. The zero-order chi connectivity index (χ0) is 16.5. The summed E-state index contributed by atoms with van der Waals surface area (Å²) in [6, 6.07) is 6.31. The van der Waals surface area contributed by atoms with E-state index in [1.54, 1.807) is 0 Å². The number of para-hydroxylation sites is 1. The Bertz CT molecular complexity index is 486. The SMILES string of the molecule is CCCCCC[N+]1(CCCCCC)NNc2c(C=N)cccc21. The summed E-state index contributed by atoms with van der Waals surface area (Å²) in [4.78, 5) is 0. The summed E-state index contributed by atoms with van der Waals surface area (Å²) >= 11 is 0. The Morgan fingerprint density at radius 1 is 0.957 bits per heavy atom. The zero-order valence-corrected chi connectivity index (χ0v) is 14.8. The topological polar surface area (TPSA) is 47.9 Å². The number of nitrogens with zero attached hydrogens (tertiary/aromatic N) is 1. The smallest absolute Gasteiger partial charge is 0.179 e. The normalized spacial score (nSPS) is 15.2. The van der Waals surface area contributed by atoms with Gasteiger partial charge in [-0.3, -0.25) is 5.43 Å². The van der Waals surface area contributed by atoms with Crippen molar-refractivity contribution in [2.24, 2.45) is 0 Å². The number of fused-ring (bicyclic) bond motifs is 1. The van der Waals surface area contributed by atoms with Gasteiger partial charge in [0.25, 0.3) is 0 Å². The molecule has 0 atom stereocenters. The van der Waals surface area contributed by atoms with Gasteiger partial charge in [-0.15, -0.1) is 0 Å². The van der Waals surface area contributed by atoms with Crippen molar-refractivity contribution in [3.63, 3.8) is 0 Å². The fourth-order valence-corrected chi connectivity index (χ4v) is 3.48. The number of benzene rings is 1. The van der Waals surface area contributed by atoms with Crippen molar-refractivity contribution in [1.29, 1.82) is 5.41 Å². The van der Waals surface area contributed by atoms with E-state index in [1.165, 1.54) is 63.3 Å². The van der Waals surface area contributed by atoms with Crippen LogP contribution < -0.4 is 15.6 Å². The third-order valence-electron chi connectivity index (χ3n) is 4.87. The number of hydrogen-bond donors (Lipinski definition) is 3. The minimum Gasteiger partial charge on any atom is -0.308 e. The van der Waals surface area contributed by atoms with E-state index in [9.17, 15) is 0 Å². The van der Waals surface area contributed by atoms with Crippen LogP contribution >= 0.6 is 0 Å². The van der Waals surface area contributed by atoms with Crippen LogP contribution in [0.1, 0.15) is 70.8 Å². The minimum atomic E-state index is 0.824. The molecule has 128 valence electrons. The molecule has 0 spiro atoms. The number of quaternary nitrogens is 1. The van der Waals surface area contributed by atoms with Gasteiger partial charge in [0.2, 0.25) is 0 Å². The maximum absolute atomic E-state index is 7.63. The Morgan fingerprint density at radius 2 is 1.61 bits per heavy atom. The number of hydrogen-bond acceptors (Lipinski definition) is 3. The molecule has 0 amide bonds. The highest BCUT2D eigenvalue weighted by atomic mass is 15.8. The van der Waals surface area contributed by atoms with E-state index in [0.29, 0.717) is 0 Å². The average molecular weight is 318 g/mol. The lowest BCUT2D eigenvalue weighted by Gasteiger charge is -2.32. The van der Waals surface area contributed by atoms with Crippen LogP contribution in [0, 0.1) is 5.41 Å². The quantitative estimate of drug-likeness (QED) is 0.306. The molecule has 1 aromatic rings. The van der Waals surface area contributed by atoms with Gasteiger partial charge in [0.15, 0.2) is 5.69 Å². The monoisotopic (exact) mass is 317 g/mol. The molecule has 0 fully saturated rings. The molecule has 1 aromatic carbocycles. The second-order valence-electron chi connectivity index (χ2n) is 6.66. The molecule has 1 heterocycles. The number of hydrazine groups is 1. The van der Waals surface area contributed by atoms with Crippen LogP contribution in [0.25, 0.3) is 0 Å². The molecular weight excluding hydrogens is 284 g/mol. The van der Waals surface area contributed by atoms with Gasteiger partial charge in [-0.25, -0.2) is 0 Å². The molecule has 2 rings (SSSR count). The molecule has 0 bridgehead atoms. The summed E-state index contributed by atoms with van der Waals surface area (Å²) in [5, 5.41) is 7.63. The average Bonchev–Trinajstić information content (AvgIpc) is 2.95. The summed E-state index contributed by atoms with van der Waals surface area (Å²) in [5.74, 6) is 0. The fourth-order valence-electron chi connectivity index (χ4n) is 3.48. The van der Waals surface area contributed by atoms with E-state index >= 15 is 0 Å². The molecule has 0 saturated heterocycles. The van der Waals surface area contributed by atoms with Crippen molar-refractivity contribution < 1.29 is 0 Å². The highest BCUT2D eigenvalue weighted by Gasteiger charge is 2.38. The minimum absolute atomic E-state index is 0.824. The molecule has 0 aliphatic carbocycles. The Kier molecular flexibility index (Phi) is 7.06. The van der Waals surface area contributed by atoms with E-state index in [-0.39, 0.29) is 0 Å². The van der Waals surface area contributed by atoms with E-state index in [2.05, 4.69) is 36.9 Å². The molecule has 0 unspecified atom stereocenters. The molecule has 4 heteroatoms. The van der Waals surface area contributed by atoms with E-state index in [4.69, 9.17) is 5.41 Å². The second-order valence-corrected chi connectivity index (χ2v) is 6.66. The zero-order valence-electron chi connectivity index (χ0n) is 14.8. The highest BCUT2D eigenvalue weighted by molar-refractivity contribution is 5.92. The standard InChI is InChI=1S/C19H33N4/c1-3-5-7-9-14-23(15-10-8-6-4-2)18-13-11-12-17(16-20)19(18)21-22-23/h11-13,16,20-22H,3-10,14-15H2,1-2H3/q+1. The summed E-state index contributed by atoms with van der Waals surface area (Å²) < 4.78 is 0.824. The van der Waals surface area contributed by atoms with E-state index in [1.807, 2.05) is 6.07 Å². The van der Waals surface area contributed by atoms with Crippen molar-refractivity contribution in [3.05, 3.63) is 23.8 Å². The first-order chi connectivity index (χ1) is 11.3. The molecule has 0 saturated carbocycles. The van der Waals surface area contributed by atoms with Crippen LogP contribution in [0.2, 0.25) is 0 Å². The molecule has 4 nitrogen and oxygen atoms in total. The number of nitrogens with one attached hydrogen (secondary N) is 3. The van der Waals surface area contributed by atoms with E-state index < -0.39 is 0 Å². The van der Waals surface area contributed by atoms with E-state index in [0.717, 1.165) is 28.9 Å². The first kappa shape index (κ1) is 18.0. The van der Waals surface area contributed by atoms with Crippen molar-refractivity contribution in [3.8, 4) is 0 Å². The van der Waals surface area contributed by atoms with Gasteiger partial charge in [0, 0.05) is 17.8 Å². The van der Waals surface area contributed by atoms with Gasteiger partial charge in [-0.2, -0.15) is 4.59 Å². The first-order valence-electron chi connectivity index (χ1n) is 9.32. The highest BCUT2D eigenvalue weighted by Crippen LogP contribution is 2.37. The van der Waals surface area contributed by atoms with Crippen LogP contribution in [0.4, 0.5) is 11.4 Å². The third-order valence-corrected chi connectivity index (χ3v) is 4.87. The predicted octanol–water partition coefficient (Wildman–Crippen LogP) is 5.00. The van der Waals surface area contributed by atoms with Gasteiger partial charge in [0.1, 0.15) is 18.8 Å². The molecule has 1 aliphatic rings. The van der Waals surface area contributed by atoms with Crippen molar-refractivity contribution in [2.45, 2.75) is 65.2 Å². The summed E-state index contributed by atoms with van der Waals surface area (Å²) in [5.41, 5.74) is 10.3. The maximum atomic E-state index is 7.63. The van der Waals surface area contributed by atoms with Crippen LogP contribution in [-0.2, 0) is 0 Å². The molecule has 0 radical (unpaired) electrons. The van der Waals surface area contributed by atoms with Gasteiger partial charge < -0.3 is 5.41 Å². The van der Waals surface area contributed by atoms with Crippen molar-refractivity contribution in [1.82, 2.24) is 10.1 Å². The van der Waals surface area contributed by atoms with Crippen LogP contribution in [0.15, 0.2) is 18.2 Å². The lowest BCUT2D eigenvalue weighted by Crippen LogP contribution is -2.59. The Hall–Kier alpha value is -1.39. The Labute approximate surface area is 141 Å². The number of unbranched alkanes of at least 4 members (excludes halogenated alkanes) is 6. The number of rotatable bonds is 11. The second kappa shape index (κ2) is 9.04. The third kappa shape index (κ3) is 4.33. The predicted molar refractivity (Wildman–Crippen MR) is 101 cm³/mol. The maximum Gasteiger partial charge on any atom is 0.179 e. The van der Waals surface area contributed by atoms with Crippen LogP contribution in [-0.4, -0.2) is 19.3 Å². The molecule has 1 aliphatic heterocycles. The molecule has 23 heavy (non-hydrogen) atoms. The first-order valence-corrected chi connectivity index (χ1v) is 9.32. The van der Waals surface area contributed by atoms with Crippen molar-refractivity contribution in [2.75, 3.05) is 18.5 Å². The summed E-state index contributed by atoms with van der Waals surface area (Å²) in [7, 11) is 0. The molecular formula is C19H33N4+. The molecule has 0 aromatic heterocycles. The van der Waals surface area contributed by atoms with Crippen LogP contribution in [0.3, 0.4) is 0 Å². The lowest BCUT2D eigenvalue weighted by atomic mass is 10.1. The molecule has 3 N–H and O–H groups in total. The Balaban J connectivity index is 2.14. The van der Waals surface area contributed by atoms with Gasteiger partial charge in [-0.1, -0.05) is 57.2 Å². The fraction of sp³-hybridized carbons (Fsp3) is 0.632. The Morgan fingerprint density at radius 3 is 2.17 bits per heavy atom. The summed E-state index contributed by atoms with van der Waals surface area (Å²) in [6.45, 7) is 6.76. The largest absolute Gasteiger partial charge is 0.308 e. The van der Waals surface area contributed by atoms with Gasteiger partial charge in [-0.05, 0) is 25.7 Å². The van der Waals surface area contributed by atoms with Crippen LogP contribution in [0.5, 0.6) is 0 Å². The van der Waals surface area contributed by atoms with Gasteiger partial charge in [0.05, 0.1) is 0 Å². The van der Waals surface area contributed by atoms with Crippen molar-refractivity contribution >= 4 is 17.6 Å².